The van der Waals surface area contributed by atoms with Gasteiger partial charge in [0.15, 0.2) is 5.16 Å². The summed E-state index contributed by atoms with van der Waals surface area (Å²) >= 11 is 1.39. The molecule has 1 aliphatic carbocycles. The van der Waals surface area contributed by atoms with Gasteiger partial charge < -0.3 is 4.57 Å². The van der Waals surface area contributed by atoms with Gasteiger partial charge in [-0.2, -0.15) is 0 Å². The van der Waals surface area contributed by atoms with Crippen molar-refractivity contribution in [1.82, 2.24) is 19.7 Å². The van der Waals surface area contributed by atoms with Crippen molar-refractivity contribution in [2.45, 2.75) is 37.4 Å². The van der Waals surface area contributed by atoms with Gasteiger partial charge in [-0.3, -0.25) is 14.5 Å². The quantitative estimate of drug-likeness (QED) is 0.623. The molecule has 1 saturated carbocycles. The number of rotatable bonds is 5. The summed E-state index contributed by atoms with van der Waals surface area (Å²) in [5, 5.41) is 9.28. The SMILES string of the molecule is CCn1c(SCN2C(=O)c3ccccc3C2=O)nnc1C1CC1. The van der Waals surface area contributed by atoms with Gasteiger partial charge in [0.25, 0.3) is 11.8 Å². The molecule has 118 valence electrons. The molecule has 2 aliphatic rings. The first-order valence-electron chi connectivity index (χ1n) is 7.71. The minimum atomic E-state index is -0.233. The lowest BCUT2D eigenvalue weighted by molar-refractivity contribution is 0.0684. The van der Waals surface area contributed by atoms with Gasteiger partial charge in [-0.25, -0.2) is 0 Å². The van der Waals surface area contributed by atoms with Crippen LogP contribution in [0.25, 0.3) is 0 Å². The van der Waals surface area contributed by atoms with Crippen LogP contribution >= 0.6 is 11.8 Å². The highest BCUT2D eigenvalue weighted by molar-refractivity contribution is 7.99. The monoisotopic (exact) mass is 328 g/mol. The Morgan fingerprint density at radius 2 is 1.78 bits per heavy atom. The largest absolute Gasteiger partial charge is 0.306 e. The molecular weight excluding hydrogens is 312 g/mol. The van der Waals surface area contributed by atoms with Crippen LogP contribution in [0.2, 0.25) is 0 Å². The average Bonchev–Trinajstić information content (AvgIpc) is 3.29. The Kier molecular flexibility index (Phi) is 3.45. The fourth-order valence-corrected chi connectivity index (χ4v) is 3.78. The van der Waals surface area contributed by atoms with E-state index in [1.54, 1.807) is 24.3 Å². The first kappa shape index (κ1) is 14.4. The first-order chi connectivity index (χ1) is 11.2. The van der Waals surface area contributed by atoms with Gasteiger partial charge in [-0.05, 0) is 31.9 Å². The van der Waals surface area contributed by atoms with Crippen molar-refractivity contribution >= 4 is 23.6 Å². The molecule has 0 bridgehead atoms. The molecule has 0 N–H and O–H groups in total. The highest BCUT2D eigenvalue weighted by Gasteiger charge is 2.35. The summed E-state index contributed by atoms with van der Waals surface area (Å²) in [6.45, 7) is 2.85. The summed E-state index contributed by atoms with van der Waals surface area (Å²) in [4.78, 5) is 26.0. The number of amides is 2. The van der Waals surface area contributed by atoms with Gasteiger partial charge in [0.1, 0.15) is 5.82 Å². The van der Waals surface area contributed by atoms with E-state index in [1.165, 1.54) is 29.5 Å². The van der Waals surface area contributed by atoms with E-state index >= 15 is 0 Å². The second-order valence-corrected chi connectivity index (χ2v) is 6.63. The summed E-state index contributed by atoms with van der Waals surface area (Å²) in [6, 6.07) is 6.94. The standard InChI is InChI=1S/C16H16N4O2S/c1-2-19-13(10-7-8-10)17-18-16(19)23-9-20-14(21)11-5-3-4-6-12(11)15(20)22/h3-6,10H,2,7-9H2,1H3. The third-order valence-corrected chi connectivity index (χ3v) is 5.15. The lowest BCUT2D eigenvalue weighted by atomic mass is 10.1. The highest BCUT2D eigenvalue weighted by atomic mass is 32.2. The van der Waals surface area contributed by atoms with E-state index in [2.05, 4.69) is 21.7 Å². The second kappa shape index (κ2) is 5.49. The van der Waals surface area contributed by atoms with E-state index in [9.17, 15) is 9.59 Å². The minimum absolute atomic E-state index is 0.233. The van der Waals surface area contributed by atoms with Crippen molar-refractivity contribution in [2.24, 2.45) is 0 Å². The summed E-state index contributed by atoms with van der Waals surface area (Å²) < 4.78 is 2.08. The molecule has 0 saturated heterocycles. The van der Waals surface area contributed by atoms with E-state index in [0.29, 0.717) is 17.0 Å². The molecule has 4 rings (SSSR count). The average molecular weight is 328 g/mol. The minimum Gasteiger partial charge on any atom is -0.306 e. The zero-order valence-electron chi connectivity index (χ0n) is 12.7. The molecule has 2 aromatic rings. The Bertz CT molecular complexity index is 762. The first-order valence-corrected chi connectivity index (χ1v) is 8.70. The van der Waals surface area contributed by atoms with Crippen molar-refractivity contribution in [3.63, 3.8) is 0 Å². The molecule has 0 radical (unpaired) electrons. The van der Waals surface area contributed by atoms with Gasteiger partial charge in [-0.1, -0.05) is 23.9 Å². The smallest absolute Gasteiger partial charge is 0.262 e. The van der Waals surface area contributed by atoms with Crippen LogP contribution in [-0.4, -0.2) is 37.4 Å². The predicted octanol–water partition coefficient (Wildman–Crippen LogP) is 2.52. The van der Waals surface area contributed by atoms with E-state index in [0.717, 1.165) is 17.5 Å². The van der Waals surface area contributed by atoms with E-state index in [1.807, 2.05) is 0 Å². The zero-order valence-corrected chi connectivity index (χ0v) is 13.5. The van der Waals surface area contributed by atoms with Crippen LogP contribution in [0.5, 0.6) is 0 Å². The number of fused-ring (bicyclic) bond motifs is 1. The highest BCUT2D eigenvalue weighted by Crippen LogP contribution is 2.40. The van der Waals surface area contributed by atoms with Crippen LogP contribution in [0.4, 0.5) is 0 Å². The summed E-state index contributed by atoms with van der Waals surface area (Å²) in [7, 11) is 0. The van der Waals surface area contributed by atoms with E-state index < -0.39 is 0 Å². The van der Waals surface area contributed by atoms with Gasteiger partial charge in [0.05, 0.1) is 17.0 Å². The maximum Gasteiger partial charge on any atom is 0.262 e. The van der Waals surface area contributed by atoms with Crippen LogP contribution in [0.3, 0.4) is 0 Å². The number of carbonyl (C=O) groups is 2. The third-order valence-electron chi connectivity index (χ3n) is 4.21. The number of nitrogens with zero attached hydrogens (tertiary/aromatic N) is 4. The molecule has 1 aromatic carbocycles. The van der Waals surface area contributed by atoms with Crippen LogP contribution in [-0.2, 0) is 6.54 Å². The van der Waals surface area contributed by atoms with Gasteiger partial charge in [-0.15, -0.1) is 10.2 Å². The van der Waals surface area contributed by atoms with Gasteiger partial charge in [0.2, 0.25) is 0 Å². The summed E-state index contributed by atoms with van der Waals surface area (Å²) in [6.07, 6.45) is 2.34. The van der Waals surface area contributed by atoms with Crippen molar-refractivity contribution in [3.8, 4) is 0 Å². The lowest BCUT2D eigenvalue weighted by Gasteiger charge is -2.13. The Morgan fingerprint density at radius 1 is 1.13 bits per heavy atom. The van der Waals surface area contributed by atoms with Crippen LogP contribution in [0.15, 0.2) is 29.4 Å². The molecule has 7 heteroatoms. The number of thioether (sulfide) groups is 1. The third kappa shape index (κ3) is 2.35. The molecule has 1 fully saturated rings. The van der Waals surface area contributed by atoms with Crippen LogP contribution < -0.4 is 0 Å². The van der Waals surface area contributed by atoms with Crippen molar-refractivity contribution in [1.29, 1.82) is 0 Å². The maximum atomic E-state index is 12.4. The Labute approximate surface area is 137 Å². The maximum absolute atomic E-state index is 12.4. The number of carbonyl (C=O) groups excluding carboxylic acids is 2. The van der Waals surface area contributed by atoms with Crippen molar-refractivity contribution < 1.29 is 9.59 Å². The summed E-state index contributed by atoms with van der Waals surface area (Å²) in [5.74, 6) is 1.34. The Balaban J connectivity index is 1.52. The normalized spacial score (nSPS) is 17.0. The number of imide groups is 1. The predicted molar refractivity (Wildman–Crippen MR) is 85.3 cm³/mol. The summed E-state index contributed by atoms with van der Waals surface area (Å²) in [5.41, 5.74) is 0.961. The number of hydrogen-bond donors (Lipinski definition) is 0. The van der Waals surface area contributed by atoms with Gasteiger partial charge >= 0.3 is 0 Å². The molecule has 0 unspecified atom stereocenters. The molecule has 23 heavy (non-hydrogen) atoms. The van der Waals surface area contributed by atoms with E-state index in [4.69, 9.17) is 0 Å². The lowest BCUT2D eigenvalue weighted by Crippen LogP contribution is -2.29. The molecule has 1 aromatic heterocycles. The zero-order chi connectivity index (χ0) is 16.0. The number of aromatic nitrogens is 3. The number of benzene rings is 1. The molecule has 1 aliphatic heterocycles. The van der Waals surface area contributed by atoms with E-state index in [-0.39, 0.29) is 17.7 Å². The Hall–Kier alpha value is -2.15. The van der Waals surface area contributed by atoms with Crippen LogP contribution in [0.1, 0.15) is 52.2 Å². The molecule has 0 atom stereocenters. The second-order valence-electron chi connectivity index (χ2n) is 5.72. The number of hydrogen-bond acceptors (Lipinski definition) is 5. The topological polar surface area (TPSA) is 68.1 Å². The Morgan fingerprint density at radius 3 is 2.35 bits per heavy atom. The van der Waals surface area contributed by atoms with Gasteiger partial charge in [0, 0.05) is 12.5 Å². The van der Waals surface area contributed by atoms with Crippen molar-refractivity contribution in [3.05, 3.63) is 41.2 Å². The van der Waals surface area contributed by atoms with Crippen molar-refractivity contribution in [2.75, 3.05) is 5.88 Å². The molecule has 0 spiro atoms. The molecule has 2 heterocycles. The van der Waals surface area contributed by atoms with Crippen LogP contribution in [0, 0.1) is 0 Å². The fraction of sp³-hybridized carbons (Fsp3) is 0.375. The molecule has 2 amide bonds. The molecular formula is C16H16N4O2S. The fourth-order valence-electron chi connectivity index (χ4n) is 2.83. The molecule has 6 nitrogen and oxygen atoms in total.